The highest BCUT2D eigenvalue weighted by atomic mass is 16.3. The Balaban J connectivity index is 2.00. The molecule has 0 fully saturated rings. The standard InChI is InChI=1S/C22H14O/c1-2-7-19-17(5-1)18-6-3-4-8-20(18)22-13-15(9-10-21(19)22)16-11-12-23-14-16/h1-14H. The highest BCUT2D eigenvalue weighted by molar-refractivity contribution is 6.25. The topological polar surface area (TPSA) is 13.1 Å². The Kier molecular flexibility index (Phi) is 2.56. The molecule has 4 aromatic carbocycles. The highest BCUT2D eigenvalue weighted by Gasteiger charge is 2.09. The molecule has 0 aliphatic rings. The van der Waals surface area contributed by atoms with Gasteiger partial charge in [0, 0.05) is 5.56 Å². The van der Waals surface area contributed by atoms with Gasteiger partial charge in [-0.05, 0) is 50.0 Å². The van der Waals surface area contributed by atoms with Gasteiger partial charge in [-0.25, -0.2) is 0 Å². The minimum absolute atomic E-state index is 1.11. The van der Waals surface area contributed by atoms with Crippen molar-refractivity contribution in [2.45, 2.75) is 0 Å². The second-order valence-corrected chi connectivity index (χ2v) is 5.86. The average Bonchev–Trinajstić information content (AvgIpc) is 3.16. The fourth-order valence-corrected chi connectivity index (χ4v) is 3.52. The van der Waals surface area contributed by atoms with Gasteiger partial charge in [0.05, 0.1) is 12.5 Å². The third-order valence-corrected chi connectivity index (χ3v) is 4.60. The van der Waals surface area contributed by atoms with E-state index < -0.39 is 0 Å². The van der Waals surface area contributed by atoms with Crippen molar-refractivity contribution in [2.75, 3.05) is 0 Å². The van der Waals surface area contributed by atoms with Gasteiger partial charge in [-0.3, -0.25) is 0 Å². The van der Waals surface area contributed by atoms with Crippen LogP contribution in [0, 0.1) is 0 Å². The zero-order valence-electron chi connectivity index (χ0n) is 12.5. The van der Waals surface area contributed by atoms with Crippen LogP contribution in [0.3, 0.4) is 0 Å². The van der Waals surface area contributed by atoms with Crippen molar-refractivity contribution in [1.29, 1.82) is 0 Å². The monoisotopic (exact) mass is 294 g/mol. The Morgan fingerprint density at radius 2 is 1.04 bits per heavy atom. The molecule has 5 rings (SSSR count). The summed E-state index contributed by atoms with van der Waals surface area (Å²) in [7, 11) is 0. The molecular formula is C22H14O. The van der Waals surface area contributed by atoms with Crippen molar-refractivity contribution in [3.63, 3.8) is 0 Å². The number of hydrogen-bond donors (Lipinski definition) is 0. The maximum absolute atomic E-state index is 5.24. The molecule has 0 N–H and O–H groups in total. The molecule has 23 heavy (non-hydrogen) atoms. The first kappa shape index (κ1) is 12.5. The summed E-state index contributed by atoms with van der Waals surface area (Å²) in [5.41, 5.74) is 2.30. The molecule has 1 aromatic heterocycles. The number of hydrogen-bond acceptors (Lipinski definition) is 1. The van der Waals surface area contributed by atoms with E-state index in [1.807, 2.05) is 6.07 Å². The van der Waals surface area contributed by atoms with Crippen molar-refractivity contribution in [3.8, 4) is 11.1 Å². The summed E-state index contributed by atoms with van der Waals surface area (Å²) in [5, 5.41) is 7.81. The summed E-state index contributed by atoms with van der Waals surface area (Å²) in [6, 6.07) is 26.0. The maximum Gasteiger partial charge on any atom is 0.0980 e. The molecule has 0 spiro atoms. The molecule has 0 aliphatic carbocycles. The average molecular weight is 294 g/mol. The summed E-state index contributed by atoms with van der Waals surface area (Å²) in [6.45, 7) is 0. The van der Waals surface area contributed by atoms with E-state index in [2.05, 4.69) is 66.7 Å². The normalized spacial score (nSPS) is 11.5. The maximum atomic E-state index is 5.24. The van der Waals surface area contributed by atoms with Gasteiger partial charge in [0.25, 0.3) is 0 Å². The molecule has 0 aliphatic heterocycles. The quantitative estimate of drug-likeness (QED) is 0.326. The molecule has 0 amide bonds. The van der Waals surface area contributed by atoms with E-state index in [4.69, 9.17) is 4.42 Å². The lowest BCUT2D eigenvalue weighted by Crippen LogP contribution is -1.84. The van der Waals surface area contributed by atoms with Crippen molar-refractivity contribution in [2.24, 2.45) is 0 Å². The Morgan fingerprint density at radius 1 is 0.478 bits per heavy atom. The molecule has 5 aromatic rings. The van der Waals surface area contributed by atoms with E-state index in [1.54, 1.807) is 12.5 Å². The van der Waals surface area contributed by atoms with Crippen LogP contribution in [0.15, 0.2) is 89.7 Å². The Labute approximate surface area is 133 Å². The fourth-order valence-electron chi connectivity index (χ4n) is 3.52. The predicted octanol–water partition coefficient (Wildman–Crippen LogP) is 6.41. The lowest BCUT2D eigenvalue weighted by molar-refractivity contribution is 0.568. The molecule has 1 nitrogen and oxygen atoms in total. The van der Waals surface area contributed by atoms with Crippen molar-refractivity contribution in [1.82, 2.24) is 0 Å². The van der Waals surface area contributed by atoms with Crippen LogP contribution < -0.4 is 0 Å². The van der Waals surface area contributed by atoms with Crippen LogP contribution in [-0.4, -0.2) is 0 Å². The SMILES string of the molecule is c1ccc2c(c1)c1ccccc1c1cc(-c3ccoc3)ccc21. The fraction of sp³-hybridized carbons (Fsp3) is 0. The van der Waals surface area contributed by atoms with Crippen LogP contribution >= 0.6 is 0 Å². The molecule has 108 valence electrons. The first-order valence-corrected chi connectivity index (χ1v) is 7.77. The molecule has 0 atom stereocenters. The van der Waals surface area contributed by atoms with E-state index in [-0.39, 0.29) is 0 Å². The van der Waals surface area contributed by atoms with Crippen LogP contribution in [0.25, 0.3) is 43.4 Å². The van der Waals surface area contributed by atoms with E-state index in [0.717, 1.165) is 5.56 Å². The second-order valence-electron chi connectivity index (χ2n) is 5.86. The highest BCUT2D eigenvalue weighted by Crippen LogP contribution is 2.36. The zero-order chi connectivity index (χ0) is 15.2. The van der Waals surface area contributed by atoms with Crippen LogP contribution in [-0.2, 0) is 0 Å². The van der Waals surface area contributed by atoms with Crippen molar-refractivity contribution in [3.05, 3.63) is 85.3 Å². The molecule has 1 heterocycles. The van der Waals surface area contributed by atoms with Gasteiger partial charge in [-0.1, -0.05) is 60.7 Å². The first-order chi connectivity index (χ1) is 11.4. The molecule has 1 heteroatoms. The van der Waals surface area contributed by atoms with Crippen molar-refractivity contribution >= 4 is 32.3 Å². The van der Waals surface area contributed by atoms with Gasteiger partial charge >= 0.3 is 0 Å². The predicted molar refractivity (Wildman–Crippen MR) is 96.7 cm³/mol. The summed E-state index contributed by atoms with van der Waals surface area (Å²) in [5.74, 6) is 0. The van der Waals surface area contributed by atoms with Gasteiger partial charge in [0.2, 0.25) is 0 Å². The largest absolute Gasteiger partial charge is 0.472 e. The van der Waals surface area contributed by atoms with Gasteiger partial charge in [-0.15, -0.1) is 0 Å². The van der Waals surface area contributed by atoms with E-state index in [1.165, 1.54) is 37.9 Å². The molecular weight excluding hydrogens is 280 g/mol. The van der Waals surface area contributed by atoms with Gasteiger partial charge in [0.15, 0.2) is 0 Å². The molecule has 0 radical (unpaired) electrons. The van der Waals surface area contributed by atoms with E-state index in [0.29, 0.717) is 0 Å². The number of benzene rings is 4. The third-order valence-electron chi connectivity index (χ3n) is 4.60. The second kappa shape index (κ2) is 4.72. The van der Waals surface area contributed by atoms with Gasteiger partial charge in [-0.2, -0.15) is 0 Å². The summed E-state index contributed by atoms with van der Waals surface area (Å²) in [6.07, 6.45) is 3.52. The van der Waals surface area contributed by atoms with Crippen LogP contribution in [0.5, 0.6) is 0 Å². The molecule has 0 saturated heterocycles. The Bertz CT molecular complexity index is 1120. The summed E-state index contributed by atoms with van der Waals surface area (Å²) >= 11 is 0. The van der Waals surface area contributed by atoms with Gasteiger partial charge in [0.1, 0.15) is 0 Å². The summed E-state index contributed by atoms with van der Waals surface area (Å²) < 4.78 is 5.24. The number of fused-ring (bicyclic) bond motifs is 6. The van der Waals surface area contributed by atoms with E-state index >= 15 is 0 Å². The third kappa shape index (κ3) is 1.80. The molecule has 0 unspecified atom stereocenters. The number of rotatable bonds is 1. The lowest BCUT2D eigenvalue weighted by Gasteiger charge is -2.11. The smallest absolute Gasteiger partial charge is 0.0980 e. The minimum atomic E-state index is 1.11. The number of furan rings is 1. The lowest BCUT2D eigenvalue weighted by atomic mass is 9.92. The summed E-state index contributed by atoms with van der Waals surface area (Å²) in [4.78, 5) is 0. The first-order valence-electron chi connectivity index (χ1n) is 7.77. The zero-order valence-corrected chi connectivity index (χ0v) is 12.5. The minimum Gasteiger partial charge on any atom is -0.472 e. The Hall–Kier alpha value is -3.06. The van der Waals surface area contributed by atoms with Gasteiger partial charge < -0.3 is 4.42 Å². The Morgan fingerprint density at radius 3 is 1.61 bits per heavy atom. The van der Waals surface area contributed by atoms with Crippen molar-refractivity contribution < 1.29 is 4.42 Å². The molecule has 0 saturated carbocycles. The van der Waals surface area contributed by atoms with Crippen LogP contribution in [0.2, 0.25) is 0 Å². The van der Waals surface area contributed by atoms with E-state index in [9.17, 15) is 0 Å². The molecule has 0 bridgehead atoms. The van der Waals surface area contributed by atoms with Crippen LogP contribution in [0.1, 0.15) is 0 Å². The van der Waals surface area contributed by atoms with Crippen LogP contribution in [0.4, 0.5) is 0 Å².